The maximum absolute atomic E-state index is 14.2. The number of hydrogen-bond donors (Lipinski definition) is 1. The molecule has 1 atom stereocenters. The molecule has 0 bridgehead atoms. The van der Waals surface area contributed by atoms with Crippen molar-refractivity contribution < 1.29 is 36.3 Å². The average Bonchev–Trinajstić information content (AvgIpc) is 2.95. The van der Waals surface area contributed by atoms with Crippen molar-refractivity contribution in [3.8, 4) is 6.07 Å². The van der Waals surface area contributed by atoms with Crippen molar-refractivity contribution >= 4 is 27.6 Å². The molecule has 0 saturated carbocycles. The lowest BCUT2D eigenvalue weighted by Crippen LogP contribution is -2.57. The molecule has 0 aliphatic carbocycles. The van der Waals surface area contributed by atoms with Gasteiger partial charge in [-0.25, -0.2) is 27.8 Å². The van der Waals surface area contributed by atoms with Crippen molar-refractivity contribution in [2.24, 2.45) is 5.92 Å². The summed E-state index contributed by atoms with van der Waals surface area (Å²) < 4.78 is 66.3. The minimum atomic E-state index is -4.74. The molecule has 2 aliphatic rings. The number of aliphatic hydroxyl groups is 1. The number of allylic oxidation sites excluding steroid dienone is 1. The van der Waals surface area contributed by atoms with Crippen LogP contribution < -0.4 is 4.90 Å². The molecule has 0 aromatic heterocycles. The smallest absolute Gasteiger partial charge is 0.396 e. The lowest BCUT2D eigenvalue weighted by atomic mass is 9.96. The SMILES string of the molecule is [C-]#[N+]C1=C(C)N(c2cccc(C(F)(F)F)c2)C(=O)N(C(=O)N2CCC(CO)CC2)[C@@H]1c1ccc(C#N)cc1S(C)(=O)=O. The number of sulfone groups is 1. The van der Waals surface area contributed by atoms with Gasteiger partial charge in [0.25, 0.3) is 0 Å². The zero-order valence-corrected chi connectivity index (χ0v) is 23.4. The molecule has 2 aliphatic heterocycles. The van der Waals surface area contributed by atoms with Gasteiger partial charge in [0.2, 0.25) is 5.70 Å². The van der Waals surface area contributed by atoms with Gasteiger partial charge in [0.15, 0.2) is 9.84 Å². The van der Waals surface area contributed by atoms with Crippen LogP contribution in [0.5, 0.6) is 0 Å². The van der Waals surface area contributed by atoms with E-state index in [4.69, 9.17) is 6.57 Å². The number of nitriles is 1. The van der Waals surface area contributed by atoms with Crippen molar-refractivity contribution in [3.05, 3.63) is 82.0 Å². The first-order valence-electron chi connectivity index (χ1n) is 12.8. The van der Waals surface area contributed by atoms with Crippen molar-refractivity contribution in [3.63, 3.8) is 0 Å². The number of amides is 4. The van der Waals surface area contributed by atoms with E-state index in [1.54, 1.807) is 0 Å². The number of aliphatic hydroxyl groups excluding tert-OH is 1. The Morgan fingerprint density at radius 3 is 2.40 bits per heavy atom. The molecule has 2 aromatic carbocycles. The van der Waals surface area contributed by atoms with E-state index in [9.17, 15) is 41.5 Å². The molecule has 2 aromatic rings. The Hall–Kier alpha value is -4.40. The fourth-order valence-corrected chi connectivity index (χ4v) is 6.10. The molecule has 1 saturated heterocycles. The monoisotopic (exact) mass is 601 g/mol. The van der Waals surface area contributed by atoms with Gasteiger partial charge in [-0.15, -0.1) is 0 Å². The number of imide groups is 1. The highest BCUT2D eigenvalue weighted by Gasteiger charge is 2.47. The predicted octanol–water partition coefficient (Wildman–Crippen LogP) is 4.94. The molecule has 1 fully saturated rings. The topological polar surface area (TPSA) is 126 Å². The number of likely N-dealkylation sites (tertiary alicyclic amines) is 1. The molecule has 2 heterocycles. The number of carbonyl (C=O) groups is 2. The highest BCUT2D eigenvalue weighted by atomic mass is 32.2. The molecule has 14 heteroatoms. The van der Waals surface area contributed by atoms with E-state index in [-0.39, 0.29) is 58.7 Å². The minimum Gasteiger partial charge on any atom is -0.396 e. The summed E-state index contributed by atoms with van der Waals surface area (Å²) in [6.07, 6.45) is -3.02. The number of benzene rings is 2. The van der Waals surface area contributed by atoms with Crippen molar-refractivity contribution in [2.45, 2.75) is 36.9 Å². The largest absolute Gasteiger partial charge is 0.416 e. The van der Waals surface area contributed by atoms with E-state index in [1.807, 2.05) is 6.07 Å². The second-order valence-corrected chi connectivity index (χ2v) is 12.0. The highest BCUT2D eigenvalue weighted by Crippen LogP contribution is 2.43. The van der Waals surface area contributed by atoms with Gasteiger partial charge in [-0.1, -0.05) is 12.1 Å². The summed E-state index contributed by atoms with van der Waals surface area (Å²) in [5, 5.41) is 18.9. The third-order valence-corrected chi connectivity index (χ3v) is 8.51. The lowest BCUT2D eigenvalue weighted by molar-refractivity contribution is -0.137. The van der Waals surface area contributed by atoms with Gasteiger partial charge >= 0.3 is 18.2 Å². The van der Waals surface area contributed by atoms with Gasteiger partial charge in [0.05, 0.1) is 28.7 Å². The Bertz CT molecular complexity index is 1650. The summed E-state index contributed by atoms with van der Waals surface area (Å²) in [6.45, 7) is 9.49. The number of piperidine rings is 1. The van der Waals surface area contributed by atoms with Crippen LogP contribution in [0.25, 0.3) is 4.85 Å². The first-order chi connectivity index (χ1) is 19.7. The summed E-state index contributed by atoms with van der Waals surface area (Å²) in [5.41, 5.74) is -1.78. The molecule has 42 heavy (non-hydrogen) atoms. The second kappa shape index (κ2) is 11.5. The number of alkyl halides is 3. The molecule has 1 N–H and O–H groups in total. The molecular formula is C28H26F3N5O5S. The number of hydrogen-bond acceptors (Lipinski definition) is 6. The van der Waals surface area contributed by atoms with Crippen LogP contribution >= 0.6 is 0 Å². The van der Waals surface area contributed by atoms with Gasteiger partial charge in [-0.3, -0.25) is 4.90 Å². The van der Waals surface area contributed by atoms with Crippen LogP contribution in [0.3, 0.4) is 0 Å². The molecule has 220 valence electrons. The van der Waals surface area contributed by atoms with E-state index >= 15 is 0 Å². The van der Waals surface area contributed by atoms with Crippen molar-refractivity contribution in [2.75, 3.05) is 30.9 Å². The van der Waals surface area contributed by atoms with Crippen LogP contribution in [0, 0.1) is 23.8 Å². The quantitative estimate of drug-likeness (QED) is 0.495. The maximum atomic E-state index is 14.2. The van der Waals surface area contributed by atoms with Crippen LogP contribution in [0.2, 0.25) is 0 Å². The maximum Gasteiger partial charge on any atom is 0.416 e. The Kier molecular flexibility index (Phi) is 8.34. The van der Waals surface area contributed by atoms with Crippen LogP contribution in [-0.4, -0.2) is 61.3 Å². The fourth-order valence-electron chi connectivity index (χ4n) is 5.15. The number of urea groups is 2. The van der Waals surface area contributed by atoms with Crippen LogP contribution in [0.4, 0.5) is 28.4 Å². The Balaban J connectivity index is 1.97. The van der Waals surface area contributed by atoms with Crippen molar-refractivity contribution in [1.29, 1.82) is 5.26 Å². The van der Waals surface area contributed by atoms with Gasteiger partial charge in [0.1, 0.15) is 6.04 Å². The average molecular weight is 602 g/mol. The standard InChI is InChI=1S/C28H26F3N5O5S/c1-17-24(33-2)25(22-8-7-19(15-32)13-23(22)42(3,40)41)36(26(38)34-11-9-18(16-37)10-12-34)27(39)35(17)21-6-4-5-20(14-21)28(29,30)31/h4-8,13-14,18,25,37H,9-12,16H2,1,3H3/t25-/m1/s1. The summed E-state index contributed by atoms with van der Waals surface area (Å²) in [6, 6.07) is 5.82. The first-order valence-corrected chi connectivity index (χ1v) is 14.6. The highest BCUT2D eigenvalue weighted by molar-refractivity contribution is 7.90. The van der Waals surface area contributed by atoms with Gasteiger partial charge in [0, 0.05) is 37.3 Å². The Labute approximate surface area is 240 Å². The number of rotatable bonds is 4. The number of anilines is 1. The van der Waals surface area contributed by atoms with E-state index in [0.717, 1.165) is 35.4 Å². The number of nitrogens with zero attached hydrogens (tertiary/aromatic N) is 5. The van der Waals surface area contributed by atoms with Gasteiger partial charge in [-0.2, -0.15) is 18.4 Å². The third kappa shape index (κ3) is 5.68. The molecule has 0 spiro atoms. The molecule has 0 unspecified atom stereocenters. The van der Waals surface area contributed by atoms with E-state index in [0.29, 0.717) is 17.7 Å². The lowest BCUT2D eigenvalue weighted by Gasteiger charge is -2.43. The minimum absolute atomic E-state index is 0.0130. The van der Waals surface area contributed by atoms with Gasteiger partial charge in [-0.05, 0) is 61.6 Å². The van der Waals surface area contributed by atoms with Crippen molar-refractivity contribution in [1.82, 2.24) is 9.80 Å². The molecule has 4 rings (SSSR count). The van der Waals surface area contributed by atoms with Crippen LogP contribution in [0.15, 0.2) is 58.8 Å². The van der Waals surface area contributed by atoms with E-state index in [2.05, 4.69) is 4.85 Å². The summed E-state index contributed by atoms with van der Waals surface area (Å²) in [7, 11) is -4.06. The molecule has 0 radical (unpaired) electrons. The molecule has 4 amide bonds. The molecule has 10 nitrogen and oxygen atoms in total. The predicted molar refractivity (Wildman–Crippen MR) is 144 cm³/mol. The first kappa shape index (κ1) is 30.6. The summed E-state index contributed by atoms with van der Waals surface area (Å²) in [5.74, 6) is -0.0696. The molecular weight excluding hydrogens is 575 g/mol. The van der Waals surface area contributed by atoms with E-state index in [1.165, 1.54) is 30.0 Å². The third-order valence-electron chi connectivity index (χ3n) is 7.36. The zero-order valence-electron chi connectivity index (χ0n) is 22.6. The Morgan fingerprint density at radius 1 is 1.19 bits per heavy atom. The zero-order chi connectivity index (χ0) is 31.0. The number of carbonyl (C=O) groups excluding carboxylic acids is 2. The second-order valence-electron chi connectivity index (χ2n) is 10.1. The Morgan fingerprint density at radius 2 is 1.86 bits per heavy atom. The van der Waals surface area contributed by atoms with E-state index < -0.39 is 39.7 Å². The summed E-state index contributed by atoms with van der Waals surface area (Å²) >= 11 is 0. The van der Waals surface area contributed by atoms with Gasteiger partial charge < -0.3 is 10.0 Å². The summed E-state index contributed by atoms with van der Waals surface area (Å²) in [4.78, 5) is 34.2. The fraction of sp³-hybridized carbons (Fsp3) is 0.357. The van der Waals surface area contributed by atoms with Crippen LogP contribution in [-0.2, 0) is 16.0 Å². The number of halogens is 3. The normalized spacial score (nSPS) is 18.6. The van der Waals surface area contributed by atoms with Crippen LogP contribution in [0.1, 0.15) is 42.5 Å².